The molecule has 8 heteroatoms. The molecule has 2 atom stereocenters. The summed E-state index contributed by atoms with van der Waals surface area (Å²) < 4.78 is 80.2. The standard InChI is InChI=1S/2C24H34F2O2.4H2/c2*1-15-3-8-18(9-4-15)19-11-6-17(7-12-19)14-27-21-13-20-10-5-16(2)28-24(20)23(26)22(21)25;;;;/h2*13,15-19H,3-12,14H2,1-2H3;4*1H. The number of rotatable bonds is 8. The van der Waals surface area contributed by atoms with Gasteiger partial charge in [0, 0.05) is 16.8 Å². The van der Waals surface area contributed by atoms with Crippen molar-refractivity contribution in [2.75, 3.05) is 13.2 Å². The maximum Gasteiger partial charge on any atom is 0.204 e. The summed E-state index contributed by atoms with van der Waals surface area (Å²) in [6.07, 6.45) is 23.7. The predicted molar refractivity (Wildman–Crippen MR) is 222 cm³/mol. The Kier molecular flexibility index (Phi) is 14.1. The molecule has 2 aromatic carbocycles. The van der Waals surface area contributed by atoms with Gasteiger partial charge in [-0.1, -0.05) is 39.5 Å². The van der Waals surface area contributed by atoms with E-state index < -0.39 is 23.3 Å². The van der Waals surface area contributed by atoms with Gasteiger partial charge < -0.3 is 18.9 Å². The number of hydrogen-bond donors (Lipinski definition) is 0. The normalized spacial score (nSPS) is 33.1. The van der Waals surface area contributed by atoms with E-state index in [-0.39, 0.29) is 40.9 Å². The quantitative estimate of drug-likeness (QED) is 0.250. The zero-order valence-corrected chi connectivity index (χ0v) is 34.6. The highest BCUT2D eigenvalue weighted by molar-refractivity contribution is 5.45. The van der Waals surface area contributed by atoms with Crippen molar-refractivity contribution in [3.63, 3.8) is 0 Å². The van der Waals surface area contributed by atoms with Crippen LogP contribution in [-0.2, 0) is 12.8 Å². The summed E-state index contributed by atoms with van der Waals surface area (Å²) in [6.45, 7) is 9.49. The van der Waals surface area contributed by atoms with Gasteiger partial charge in [0.05, 0.1) is 25.4 Å². The lowest BCUT2D eigenvalue weighted by Gasteiger charge is -2.37. The molecule has 0 N–H and O–H groups in total. The third-order valence-electron chi connectivity index (χ3n) is 14.9. The van der Waals surface area contributed by atoms with Crippen molar-refractivity contribution in [1.29, 1.82) is 0 Å². The van der Waals surface area contributed by atoms with Crippen LogP contribution in [-0.4, -0.2) is 25.4 Å². The molecular weight excluding hydrogens is 717 g/mol. The van der Waals surface area contributed by atoms with Crippen molar-refractivity contribution in [2.45, 2.75) is 168 Å². The van der Waals surface area contributed by atoms with Crippen LogP contribution >= 0.6 is 0 Å². The van der Waals surface area contributed by atoms with Crippen molar-refractivity contribution in [3.05, 3.63) is 46.5 Å². The van der Waals surface area contributed by atoms with E-state index in [2.05, 4.69) is 13.8 Å². The van der Waals surface area contributed by atoms with Crippen molar-refractivity contribution in [3.8, 4) is 23.0 Å². The third kappa shape index (κ3) is 10.1. The first-order valence-corrected chi connectivity index (χ1v) is 22.6. The van der Waals surface area contributed by atoms with Gasteiger partial charge in [0.1, 0.15) is 0 Å². The molecule has 320 valence electrons. The second-order valence-corrected chi connectivity index (χ2v) is 19.1. The smallest absolute Gasteiger partial charge is 0.204 e. The maximum atomic E-state index is 14.4. The summed E-state index contributed by atoms with van der Waals surface area (Å²) >= 11 is 0. The van der Waals surface area contributed by atoms with Crippen molar-refractivity contribution in [2.24, 2.45) is 47.3 Å². The van der Waals surface area contributed by atoms with Crippen LogP contribution in [0.5, 0.6) is 23.0 Å². The van der Waals surface area contributed by atoms with E-state index in [0.717, 1.165) is 85.2 Å². The highest BCUT2D eigenvalue weighted by Crippen LogP contribution is 2.44. The molecule has 0 radical (unpaired) electrons. The summed E-state index contributed by atoms with van der Waals surface area (Å²) in [5, 5.41) is 0. The highest BCUT2D eigenvalue weighted by Gasteiger charge is 2.33. The Labute approximate surface area is 340 Å². The topological polar surface area (TPSA) is 36.9 Å². The molecule has 8 rings (SSSR count). The Balaban J connectivity index is 0.000000300. The zero-order chi connectivity index (χ0) is 39.3. The Bertz CT molecular complexity index is 1490. The summed E-state index contributed by atoms with van der Waals surface area (Å²) in [5.41, 5.74) is 1.45. The van der Waals surface area contributed by atoms with E-state index in [1.54, 1.807) is 12.1 Å². The fourth-order valence-corrected chi connectivity index (χ4v) is 10.9. The van der Waals surface area contributed by atoms with E-state index in [0.29, 0.717) is 37.9 Å². The Morgan fingerprint density at radius 2 is 0.786 bits per heavy atom. The number of benzene rings is 2. The fourth-order valence-electron chi connectivity index (χ4n) is 10.9. The van der Waals surface area contributed by atoms with Gasteiger partial charge >= 0.3 is 0 Å². The fraction of sp³-hybridized carbons (Fsp3) is 0.750. The molecular formula is C48H76F4O4. The second kappa shape index (κ2) is 19.0. The molecule has 2 aliphatic heterocycles. The van der Waals surface area contributed by atoms with Gasteiger partial charge in [-0.2, -0.15) is 17.6 Å². The first-order valence-electron chi connectivity index (χ1n) is 22.6. The van der Waals surface area contributed by atoms with Crippen molar-refractivity contribution < 1.29 is 42.2 Å². The average Bonchev–Trinajstić information content (AvgIpc) is 3.21. The van der Waals surface area contributed by atoms with E-state index >= 15 is 0 Å². The first kappa shape index (κ1) is 41.5. The highest BCUT2D eigenvalue weighted by atomic mass is 19.2. The molecule has 2 heterocycles. The minimum Gasteiger partial charge on any atom is -0.490 e. The molecule has 0 bridgehead atoms. The van der Waals surface area contributed by atoms with Crippen molar-refractivity contribution in [1.82, 2.24) is 0 Å². The van der Waals surface area contributed by atoms with Crippen LogP contribution in [0.3, 0.4) is 0 Å². The third-order valence-corrected chi connectivity index (χ3v) is 14.9. The van der Waals surface area contributed by atoms with E-state index in [1.807, 2.05) is 13.8 Å². The van der Waals surface area contributed by atoms with Gasteiger partial charge in [-0.3, -0.25) is 0 Å². The lowest BCUT2D eigenvalue weighted by molar-refractivity contribution is 0.123. The predicted octanol–water partition coefficient (Wildman–Crippen LogP) is 14.4. The van der Waals surface area contributed by atoms with Crippen LogP contribution in [0.15, 0.2) is 12.1 Å². The number of halogens is 4. The maximum absolute atomic E-state index is 14.4. The summed E-state index contributed by atoms with van der Waals surface area (Å²) in [4.78, 5) is 0. The van der Waals surface area contributed by atoms with Crippen LogP contribution < -0.4 is 18.9 Å². The lowest BCUT2D eigenvalue weighted by Crippen LogP contribution is -2.27. The molecule has 0 aromatic heterocycles. The molecule has 2 aromatic rings. The molecule has 4 saturated carbocycles. The van der Waals surface area contributed by atoms with Gasteiger partial charge in [0.2, 0.25) is 23.3 Å². The molecule has 4 nitrogen and oxygen atoms in total. The van der Waals surface area contributed by atoms with E-state index in [9.17, 15) is 17.6 Å². The SMILES string of the molecule is CC1CCC(C2CCC(COc3cc4c(c(F)c3F)OC(C)CC4)CC2)CC1.CC1CCC(C2CCC(COc3cc4c(c(F)c3F)OC(C)CC4)CC2)CC1.[HH].[HH].[HH].[HH]. The number of ether oxygens (including phenoxy) is 4. The number of fused-ring (bicyclic) bond motifs is 2. The lowest BCUT2D eigenvalue weighted by atomic mass is 9.69. The van der Waals surface area contributed by atoms with E-state index in [4.69, 9.17) is 18.9 Å². The van der Waals surface area contributed by atoms with E-state index in [1.165, 1.54) is 77.0 Å². The minimum atomic E-state index is -0.905. The van der Waals surface area contributed by atoms with Gasteiger partial charge in [-0.15, -0.1) is 0 Å². The Morgan fingerprint density at radius 3 is 1.12 bits per heavy atom. The van der Waals surface area contributed by atoms with Gasteiger partial charge in [0.25, 0.3) is 0 Å². The summed E-state index contributed by atoms with van der Waals surface area (Å²) in [6, 6.07) is 3.29. The van der Waals surface area contributed by atoms with Gasteiger partial charge in [-0.25, -0.2) is 0 Å². The molecule has 2 unspecified atom stereocenters. The Hall–Kier alpha value is -2.64. The van der Waals surface area contributed by atoms with Crippen molar-refractivity contribution >= 4 is 0 Å². The molecule has 56 heavy (non-hydrogen) atoms. The molecule has 4 fully saturated rings. The van der Waals surface area contributed by atoms with Crippen LogP contribution in [0.25, 0.3) is 0 Å². The van der Waals surface area contributed by atoms with Crippen LogP contribution in [0.2, 0.25) is 0 Å². The van der Waals surface area contributed by atoms with Gasteiger partial charge in [0.15, 0.2) is 23.0 Å². The zero-order valence-electron chi connectivity index (χ0n) is 34.6. The summed E-state index contributed by atoms with van der Waals surface area (Å²) in [7, 11) is 0. The average molecular weight is 793 g/mol. The molecule has 0 amide bonds. The molecule has 6 aliphatic rings. The number of hydrogen-bond acceptors (Lipinski definition) is 4. The van der Waals surface area contributed by atoms with Gasteiger partial charge in [-0.05, 0) is 176 Å². The summed E-state index contributed by atoms with van der Waals surface area (Å²) in [5.74, 6) is 2.92. The monoisotopic (exact) mass is 793 g/mol. The minimum absolute atomic E-state index is 0. The molecule has 0 spiro atoms. The van der Waals surface area contributed by atoms with Crippen LogP contribution in [0.4, 0.5) is 17.6 Å². The Morgan fingerprint density at radius 1 is 0.464 bits per heavy atom. The molecule has 4 aliphatic carbocycles. The van der Waals surface area contributed by atoms with Crippen LogP contribution in [0, 0.1) is 70.6 Å². The largest absolute Gasteiger partial charge is 0.490 e. The van der Waals surface area contributed by atoms with Crippen LogP contribution in [0.1, 0.15) is 160 Å². The number of aryl methyl sites for hydroxylation is 2. The first-order chi connectivity index (χ1) is 27.0. The second-order valence-electron chi connectivity index (χ2n) is 19.1. The molecule has 0 saturated heterocycles.